The molecule has 1 aliphatic carbocycles. The molecule has 1 saturated carbocycles. The second-order valence-corrected chi connectivity index (χ2v) is 5.10. The summed E-state index contributed by atoms with van der Waals surface area (Å²) in [5, 5.41) is 2.17. The minimum absolute atomic E-state index is 0.486. The third kappa shape index (κ3) is 2.55. The number of rotatable bonds is 2. The van der Waals surface area contributed by atoms with E-state index in [0.29, 0.717) is 6.04 Å². The molecule has 0 atom stereocenters. The highest BCUT2D eigenvalue weighted by atomic mass is 32.1. The first-order chi connectivity index (χ1) is 6.34. The van der Waals surface area contributed by atoms with Crippen LogP contribution in [-0.4, -0.2) is 6.04 Å². The van der Waals surface area contributed by atoms with E-state index in [9.17, 15) is 0 Å². The molecule has 0 unspecified atom stereocenters. The predicted molar refractivity (Wildman–Crippen MR) is 58.0 cm³/mol. The summed E-state index contributed by atoms with van der Waals surface area (Å²) in [6.07, 6.45) is 6.41. The summed E-state index contributed by atoms with van der Waals surface area (Å²) in [5.74, 6) is 0.901. The first kappa shape index (κ1) is 9.22. The molecule has 1 nitrogen and oxygen atoms in total. The van der Waals surface area contributed by atoms with Gasteiger partial charge in [-0.1, -0.05) is 6.07 Å². The van der Waals surface area contributed by atoms with Crippen LogP contribution in [0.4, 0.5) is 0 Å². The van der Waals surface area contributed by atoms with Crippen molar-refractivity contribution in [1.82, 2.24) is 0 Å². The Hall–Kier alpha value is -0.340. The van der Waals surface area contributed by atoms with E-state index in [0.717, 1.165) is 5.92 Å². The SMILES string of the molecule is NC1CCC(Cc2cccs2)CC1. The van der Waals surface area contributed by atoms with Gasteiger partial charge in [-0.15, -0.1) is 11.3 Å². The van der Waals surface area contributed by atoms with E-state index in [1.165, 1.54) is 32.1 Å². The zero-order chi connectivity index (χ0) is 9.10. The zero-order valence-corrected chi connectivity index (χ0v) is 8.72. The Morgan fingerprint density at radius 1 is 1.31 bits per heavy atom. The van der Waals surface area contributed by atoms with Gasteiger partial charge in [-0.2, -0.15) is 0 Å². The molecule has 1 aromatic rings. The molecule has 0 spiro atoms. The monoisotopic (exact) mass is 195 g/mol. The van der Waals surface area contributed by atoms with Crippen LogP contribution < -0.4 is 5.73 Å². The molecular formula is C11H17NS. The molecule has 0 aliphatic heterocycles. The fraction of sp³-hybridized carbons (Fsp3) is 0.636. The topological polar surface area (TPSA) is 26.0 Å². The Kier molecular flexibility index (Phi) is 3.01. The first-order valence-corrected chi connectivity index (χ1v) is 6.00. The Bertz CT molecular complexity index is 235. The minimum Gasteiger partial charge on any atom is -0.328 e. The van der Waals surface area contributed by atoms with Crippen molar-refractivity contribution in [2.75, 3.05) is 0 Å². The molecular weight excluding hydrogens is 178 g/mol. The summed E-state index contributed by atoms with van der Waals surface area (Å²) in [4.78, 5) is 1.54. The minimum atomic E-state index is 0.486. The summed E-state index contributed by atoms with van der Waals surface area (Å²) in [6, 6.07) is 4.88. The van der Waals surface area contributed by atoms with Crippen LogP contribution >= 0.6 is 11.3 Å². The molecule has 1 aromatic heterocycles. The Labute approximate surface area is 84.0 Å². The fourth-order valence-electron chi connectivity index (χ4n) is 2.11. The summed E-state index contributed by atoms with van der Waals surface area (Å²) in [7, 11) is 0. The Balaban J connectivity index is 1.83. The normalized spacial score (nSPS) is 29.0. The van der Waals surface area contributed by atoms with Crippen molar-refractivity contribution in [3.05, 3.63) is 22.4 Å². The lowest BCUT2D eigenvalue weighted by molar-refractivity contribution is 0.326. The highest BCUT2D eigenvalue weighted by molar-refractivity contribution is 7.09. The summed E-state index contributed by atoms with van der Waals surface area (Å²) in [6.45, 7) is 0. The van der Waals surface area contributed by atoms with Crippen LogP contribution in [0.3, 0.4) is 0 Å². The lowest BCUT2D eigenvalue weighted by Crippen LogP contribution is -2.27. The standard InChI is InChI=1S/C11H17NS/c12-10-5-3-9(4-6-10)8-11-2-1-7-13-11/h1-2,7,9-10H,3-6,8,12H2. The number of thiophene rings is 1. The molecule has 0 saturated heterocycles. The maximum Gasteiger partial charge on any atom is 0.00479 e. The van der Waals surface area contributed by atoms with Crippen molar-refractivity contribution in [3.8, 4) is 0 Å². The maximum atomic E-state index is 5.87. The lowest BCUT2D eigenvalue weighted by Gasteiger charge is -2.25. The molecule has 1 heterocycles. The van der Waals surface area contributed by atoms with Crippen LogP contribution in [0.5, 0.6) is 0 Å². The quantitative estimate of drug-likeness (QED) is 0.771. The smallest absolute Gasteiger partial charge is 0.00479 e. The number of nitrogens with two attached hydrogens (primary N) is 1. The van der Waals surface area contributed by atoms with Crippen LogP contribution in [0.1, 0.15) is 30.6 Å². The highest BCUT2D eigenvalue weighted by Gasteiger charge is 2.18. The lowest BCUT2D eigenvalue weighted by atomic mass is 9.84. The van der Waals surface area contributed by atoms with Gasteiger partial charge in [0.1, 0.15) is 0 Å². The van der Waals surface area contributed by atoms with Gasteiger partial charge in [-0.25, -0.2) is 0 Å². The molecule has 0 amide bonds. The van der Waals surface area contributed by atoms with Crippen molar-refractivity contribution in [2.24, 2.45) is 11.7 Å². The molecule has 2 N–H and O–H groups in total. The van der Waals surface area contributed by atoms with Crippen LogP contribution in [0.2, 0.25) is 0 Å². The van der Waals surface area contributed by atoms with E-state index in [4.69, 9.17) is 5.73 Å². The van der Waals surface area contributed by atoms with Gasteiger partial charge >= 0.3 is 0 Å². The van der Waals surface area contributed by atoms with Gasteiger partial charge in [0.2, 0.25) is 0 Å². The summed E-state index contributed by atoms with van der Waals surface area (Å²) >= 11 is 1.89. The van der Waals surface area contributed by atoms with Gasteiger partial charge in [-0.05, 0) is 49.5 Å². The van der Waals surface area contributed by atoms with Crippen LogP contribution in [0, 0.1) is 5.92 Å². The highest BCUT2D eigenvalue weighted by Crippen LogP contribution is 2.27. The van der Waals surface area contributed by atoms with Crippen LogP contribution in [-0.2, 0) is 6.42 Å². The van der Waals surface area contributed by atoms with E-state index in [2.05, 4.69) is 17.5 Å². The maximum absolute atomic E-state index is 5.87. The predicted octanol–water partition coefficient (Wildman–Crippen LogP) is 2.81. The molecule has 0 aromatic carbocycles. The third-order valence-electron chi connectivity index (χ3n) is 2.96. The third-order valence-corrected chi connectivity index (χ3v) is 3.86. The van der Waals surface area contributed by atoms with E-state index in [1.54, 1.807) is 4.88 Å². The Morgan fingerprint density at radius 2 is 2.08 bits per heavy atom. The van der Waals surface area contributed by atoms with Gasteiger partial charge in [0, 0.05) is 10.9 Å². The molecule has 13 heavy (non-hydrogen) atoms. The fourth-order valence-corrected chi connectivity index (χ4v) is 2.93. The van der Waals surface area contributed by atoms with E-state index in [1.807, 2.05) is 11.3 Å². The molecule has 2 heteroatoms. The van der Waals surface area contributed by atoms with Crippen molar-refractivity contribution < 1.29 is 0 Å². The molecule has 0 bridgehead atoms. The molecule has 2 rings (SSSR count). The number of hydrogen-bond acceptors (Lipinski definition) is 2. The van der Waals surface area contributed by atoms with E-state index >= 15 is 0 Å². The van der Waals surface area contributed by atoms with Crippen molar-refractivity contribution in [2.45, 2.75) is 38.1 Å². The van der Waals surface area contributed by atoms with Gasteiger partial charge in [-0.3, -0.25) is 0 Å². The second-order valence-electron chi connectivity index (χ2n) is 4.06. The molecule has 72 valence electrons. The van der Waals surface area contributed by atoms with Gasteiger partial charge in [0.25, 0.3) is 0 Å². The zero-order valence-electron chi connectivity index (χ0n) is 7.91. The Morgan fingerprint density at radius 3 is 2.69 bits per heavy atom. The van der Waals surface area contributed by atoms with Crippen molar-refractivity contribution in [1.29, 1.82) is 0 Å². The van der Waals surface area contributed by atoms with Crippen LogP contribution in [0.15, 0.2) is 17.5 Å². The summed E-state index contributed by atoms with van der Waals surface area (Å²) < 4.78 is 0. The number of hydrogen-bond donors (Lipinski definition) is 1. The molecule has 1 aliphatic rings. The molecule has 1 fully saturated rings. The molecule has 0 radical (unpaired) electrons. The van der Waals surface area contributed by atoms with Gasteiger partial charge in [0.05, 0.1) is 0 Å². The summed E-state index contributed by atoms with van der Waals surface area (Å²) in [5.41, 5.74) is 5.87. The average molecular weight is 195 g/mol. The van der Waals surface area contributed by atoms with E-state index < -0.39 is 0 Å². The van der Waals surface area contributed by atoms with Gasteiger partial charge in [0.15, 0.2) is 0 Å². The van der Waals surface area contributed by atoms with Crippen molar-refractivity contribution in [3.63, 3.8) is 0 Å². The van der Waals surface area contributed by atoms with Crippen LogP contribution in [0.25, 0.3) is 0 Å². The average Bonchev–Trinajstić information content (AvgIpc) is 2.62. The largest absolute Gasteiger partial charge is 0.328 e. The second kappa shape index (κ2) is 4.25. The first-order valence-electron chi connectivity index (χ1n) is 5.12. The van der Waals surface area contributed by atoms with Crippen molar-refractivity contribution >= 4 is 11.3 Å². The van der Waals surface area contributed by atoms with Gasteiger partial charge < -0.3 is 5.73 Å². The van der Waals surface area contributed by atoms with E-state index in [-0.39, 0.29) is 0 Å².